The number of ether oxygens (including phenoxy) is 1. The fraction of sp³-hybridized carbons (Fsp3) is 0.400. The third kappa shape index (κ3) is 1.75. The molecule has 2 aliphatic rings. The Morgan fingerprint density at radius 3 is 3.05 bits per heavy atom. The Balaban J connectivity index is 2.15. The van der Waals surface area contributed by atoms with Crippen molar-refractivity contribution in [2.45, 2.75) is 25.6 Å². The molecule has 2 bridgehead atoms. The summed E-state index contributed by atoms with van der Waals surface area (Å²) in [5, 5.41) is 4.75. The van der Waals surface area contributed by atoms with E-state index in [0.29, 0.717) is 16.7 Å². The number of nitrogens with one attached hydrogen (secondary N) is 1. The van der Waals surface area contributed by atoms with E-state index in [1.807, 2.05) is 29.2 Å². The van der Waals surface area contributed by atoms with Crippen LogP contribution >= 0.6 is 23.8 Å². The topological polar surface area (TPSA) is 24.5 Å². The third-order valence-electron chi connectivity index (χ3n) is 4.36. The summed E-state index contributed by atoms with van der Waals surface area (Å²) in [5.74, 6) is 0.990. The van der Waals surface area contributed by atoms with Gasteiger partial charge in [0.2, 0.25) is 0 Å². The van der Waals surface area contributed by atoms with Gasteiger partial charge in [0.05, 0.1) is 11.1 Å². The van der Waals surface area contributed by atoms with Crippen LogP contribution in [0.5, 0.6) is 5.75 Å². The first-order chi connectivity index (χ1) is 9.49. The van der Waals surface area contributed by atoms with E-state index in [0.717, 1.165) is 11.3 Å². The third-order valence-corrected chi connectivity index (χ3v) is 4.99. The molecular weight excluding hydrogens is 292 g/mol. The highest BCUT2D eigenvalue weighted by atomic mass is 35.5. The highest BCUT2D eigenvalue weighted by molar-refractivity contribution is 7.80. The number of hydrogen-bond donors (Lipinski definition) is 1. The summed E-state index contributed by atoms with van der Waals surface area (Å²) in [7, 11) is 0. The van der Waals surface area contributed by atoms with Crippen molar-refractivity contribution >= 4 is 28.9 Å². The van der Waals surface area contributed by atoms with Gasteiger partial charge in [-0.3, -0.25) is 0 Å². The van der Waals surface area contributed by atoms with Gasteiger partial charge in [0, 0.05) is 18.0 Å². The summed E-state index contributed by atoms with van der Waals surface area (Å²) in [5.41, 5.74) is 0.558. The minimum Gasteiger partial charge on any atom is -0.466 e. The molecule has 1 N–H and O–H groups in total. The number of thiocarbonyl (C=S) groups is 1. The molecule has 0 aliphatic carbocycles. The van der Waals surface area contributed by atoms with E-state index in [4.69, 9.17) is 28.6 Å². The lowest BCUT2D eigenvalue weighted by atomic mass is 9.81. The van der Waals surface area contributed by atoms with Crippen molar-refractivity contribution in [3.05, 3.63) is 41.4 Å². The molecule has 0 aromatic heterocycles. The largest absolute Gasteiger partial charge is 0.466 e. The Morgan fingerprint density at radius 1 is 1.60 bits per heavy atom. The van der Waals surface area contributed by atoms with Gasteiger partial charge in [0.25, 0.3) is 0 Å². The van der Waals surface area contributed by atoms with Crippen molar-refractivity contribution in [3.63, 3.8) is 0 Å². The monoisotopic (exact) mass is 308 g/mol. The average molecular weight is 309 g/mol. The summed E-state index contributed by atoms with van der Waals surface area (Å²) in [6.45, 7) is 8.67. The normalized spacial score (nSPS) is 31.1. The smallest absolute Gasteiger partial charge is 0.187 e. The van der Waals surface area contributed by atoms with Crippen LogP contribution in [0.2, 0.25) is 5.02 Å². The quantitative estimate of drug-likeness (QED) is 0.667. The van der Waals surface area contributed by atoms with Gasteiger partial charge in [-0.15, -0.1) is 6.58 Å². The van der Waals surface area contributed by atoms with Crippen molar-refractivity contribution in [1.29, 1.82) is 0 Å². The number of hydrogen-bond acceptors (Lipinski definition) is 2. The molecular formula is C15H17ClN2OS. The zero-order valence-corrected chi connectivity index (χ0v) is 13.1. The summed E-state index contributed by atoms with van der Waals surface area (Å²) < 4.78 is 6.29. The second-order valence-corrected chi connectivity index (χ2v) is 6.22. The first kappa shape index (κ1) is 13.7. The van der Waals surface area contributed by atoms with Gasteiger partial charge < -0.3 is 15.0 Å². The van der Waals surface area contributed by atoms with Crippen molar-refractivity contribution in [2.75, 3.05) is 6.54 Å². The zero-order chi connectivity index (χ0) is 14.5. The molecule has 2 heterocycles. The standard InChI is InChI=1S/C15H17ClN2OS/c1-4-8-18-14(20)17-12-9(2)15(18,3)19-13-10(12)6-5-7-11(13)16/h4-7,9,12H,1,8H2,2-3H3,(H,17,20). The molecule has 3 unspecified atom stereocenters. The molecule has 0 saturated carbocycles. The van der Waals surface area contributed by atoms with Gasteiger partial charge >= 0.3 is 0 Å². The lowest BCUT2D eigenvalue weighted by molar-refractivity contribution is -0.106. The van der Waals surface area contributed by atoms with Crippen LogP contribution in [0.25, 0.3) is 0 Å². The summed E-state index contributed by atoms with van der Waals surface area (Å²) in [4.78, 5) is 2.03. The van der Waals surface area contributed by atoms with Crippen molar-refractivity contribution in [3.8, 4) is 5.75 Å². The lowest BCUT2D eigenvalue weighted by Gasteiger charge is -2.56. The van der Waals surface area contributed by atoms with Crippen molar-refractivity contribution in [2.24, 2.45) is 5.92 Å². The Kier molecular flexibility index (Phi) is 3.18. The molecule has 5 heteroatoms. The van der Waals surface area contributed by atoms with Gasteiger partial charge in [-0.05, 0) is 25.2 Å². The maximum Gasteiger partial charge on any atom is 0.187 e. The molecule has 1 saturated heterocycles. The van der Waals surface area contributed by atoms with Crippen LogP contribution in [0.15, 0.2) is 30.9 Å². The number of benzene rings is 1. The van der Waals surface area contributed by atoms with Gasteiger partial charge in [-0.1, -0.05) is 36.7 Å². The van der Waals surface area contributed by atoms with E-state index in [1.165, 1.54) is 0 Å². The first-order valence-electron chi connectivity index (χ1n) is 6.65. The molecule has 0 amide bonds. The molecule has 0 spiro atoms. The van der Waals surface area contributed by atoms with Crippen LogP contribution in [0, 0.1) is 5.92 Å². The van der Waals surface area contributed by atoms with E-state index in [2.05, 4.69) is 25.7 Å². The number of para-hydroxylation sites is 1. The zero-order valence-electron chi connectivity index (χ0n) is 11.5. The fourth-order valence-corrected chi connectivity index (χ4v) is 3.67. The van der Waals surface area contributed by atoms with Gasteiger partial charge in [-0.25, -0.2) is 0 Å². The van der Waals surface area contributed by atoms with Crippen LogP contribution in [-0.2, 0) is 0 Å². The number of fused-ring (bicyclic) bond motifs is 4. The molecule has 1 fully saturated rings. The van der Waals surface area contributed by atoms with Crippen LogP contribution in [0.1, 0.15) is 25.5 Å². The summed E-state index contributed by atoms with van der Waals surface area (Å²) >= 11 is 11.8. The molecule has 20 heavy (non-hydrogen) atoms. The molecule has 1 aromatic carbocycles. The molecule has 3 nitrogen and oxygen atoms in total. The van der Waals surface area contributed by atoms with Gasteiger partial charge in [0.1, 0.15) is 5.75 Å². The summed E-state index contributed by atoms with van der Waals surface area (Å²) in [6, 6.07) is 5.96. The maximum absolute atomic E-state index is 6.30. The van der Waals surface area contributed by atoms with Crippen LogP contribution < -0.4 is 10.1 Å². The van der Waals surface area contributed by atoms with E-state index < -0.39 is 5.72 Å². The molecule has 106 valence electrons. The van der Waals surface area contributed by atoms with Crippen LogP contribution in [0.3, 0.4) is 0 Å². The van der Waals surface area contributed by atoms with E-state index in [1.54, 1.807) is 0 Å². The Labute approximate surface area is 129 Å². The molecule has 3 atom stereocenters. The minimum atomic E-state index is -0.515. The van der Waals surface area contributed by atoms with Crippen LogP contribution in [0.4, 0.5) is 0 Å². The number of halogens is 1. The number of nitrogens with zero attached hydrogens (tertiary/aromatic N) is 1. The van der Waals surface area contributed by atoms with Gasteiger partial charge in [0.15, 0.2) is 10.8 Å². The van der Waals surface area contributed by atoms with Crippen LogP contribution in [-0.4, -0.2) is 22.3 Å². The molecule has 1 aromatic rings. The van der Waals surface area contributed by atoms with E-state index in [-0.39, 0.29) is 12.0 Å². The Bertz CT molecular complexity index is 591. The lowest BCUT2D eigenvalue weighted by Crippen LogP contribution is -2.68. The predicted molar refractivity (Wildman–Crippen MR) is 85.0 cm³/mol. The average Bonchev–Trinajstić information content (AvgIpc) is 2.41. The van der Waals surface area contributed by atoms with Gasteiger partial charge in [-0.2, -0.15) is 0 Å². The first-order valence-corrected chi connectivity index (χ1v) is 7.44. The molecule has 2 aliphatic heterocycles. The Morgan fingerprint density at radius 2 is 2.35 bits per heavy atom. The summed E-state index contributed by atoms with van der Waals surface area (Å²) in [6.07, 6.45) is 1.83. The Hall–Kier alpha value is -1.26. The van der Waals surface area contributed by atoms with Crippen molar-refractivity contribution in [1.82, 2.24) is 10.2 Å². The second kappa shape index (κ2) is 4.64. The van der Waals surface area contributed by atoms with E-state index >= 15 is 0 Å². The molecule has 3 rings (SSSR count). The highest BCUT2D eigenvalue weighted by Crippen LogP contribution is 2.49. The second-order valence-electron chi connectivity index (χ2n) is 5.43. The van der Waals surface area contributed by atoms with Crippen molar-refractivity contribution < 1.29 is 4.74 Å². The van der Waals surface area contributed by atoms with E-state index in [9.17, 15) is 0 Å². The fourth-order valence-electron chi connectivity index (χ4n) is 3.07. The predicted octanol–water partition coefficient (Wildman–Crippen LogP) is 3.50. The SMILES string of the molecule is C=CCN1C(=S)NC2c3cccc(Cl)c3OC1(C)C2C. The molecule has 0 radical (unpaired) electrons. The maximum atomic E-state index is 6.30. The highest BCUT2D eigenvalue weighted by Gasteiger charge is 2.53. The minimum absolute atomic E-state index is 0.121. The number of rotatable bonds is 2.